The van der Waals surface area contributed by atoms with Crippen LogP contribution in [0.2, 0.25) is 0 Å². The molecule has 4 aromatic rings. The summed E-state index contributed by atoms with van der Waals surface area (Å²) in [6.45, 7) is 3.73. The van der Waals surface area contributed by atoms with Gasteiger partial charge in [-0.2, -0.15) is 0 Å². The summed E-state index contributed by atoms with van der Waals surface area (Å²) in [6.07, 6.45) is 8.30. The first-order chi connectivity index (χ1) is 16.5. The number of carbonyl (C=O) groups is 2. The van der Waals surface area contributed by atoms with Crippen molar-refractivity contribution in [3.8, 4) is 0 Å². The number of fused-ring (bicyclic) bond motifs is 5. The normalized spacial score (nSPS) is 13.2. The molecule has 1 N–H and O–H groups in total. The average Bonchev–Trinajstić information content (AvgIpc) is 3.22. The SMILES string of the molecule is CCCc1nc2sc3c(SCC(=O)Nc4ccc(C(C)=O)cc4)ncnc3c2c2c1CCCC2. The van der Waals surface area contributed by atoms with Gasteiger partial charge in [-0.15, -0.1) is 11.3 Å². The highest BCUT2D eigenvalue weighted by Gasteiger charge is 2.23. The summed E-state index contributed by atoms with van der Waals surface area (Å²) in [5.41, 5.74) is 6.36. The maximum atomic E-state index is 12.6. The molecule has 0 bridgehead atoms. The third-order valence-corrected chi connectivity index (χ3v) is 8.38. The monoisotopic (exact) mass is 490 g/mol. The Hall–Kier alpha value is -2.84. The zero-order valence-electron chi connectivity index (χ0n) is 19.3. The number of nitrogens with zero attached hydrogens (tertiary/aromatic N) is 3. The minimum Gasteiger partial charge on any atom is -0.325 e. The first-order valence-corrected chi connectivity index (χ1v) is 13.5. The summed E-state index contributed by atoms with van der Waals surface area (Å²) in [5.74, 6) is 0.123. The van der Waals surface area contributed by atoms with Crippen molar-refractivity contribution >= 4 is 60.9 Å². The van der Waals surface area contributed by atoms with Gasteiger partial charge in [0.15, 0.2) is 5.78 Å². The van der Waals surface area contributed by atoms with E-state index in [0.717, 1.165) is 45.8 Å². The van der Waals surface area contributed by atoms with Gasteiger partial charge in [0.25, 0.3) is 0 Å². The van der Waals surface area contributed by atoms with Crippen molar-refractivity contribution in [1.82, 2.24) is 15.0 Å². The van der Waals surface area contributed by atoms with Crippen LogP contribution in [0, 0.1) is 0 Å². The fourth-order valence-corrected chi connectivity index (χ4v) is 6.64. The number of carbonyl (C=O) groups excluding carboxylic acids is 2. The number of benzene rings is 1. The fraction of sp³-hybridized carbons (Fsp3) is 0.346. The van der Waals surface area contributed by atoms with Crippen LogP contribution in [-0.2, 0) is 24.1 Å². The topological polar surface area (TPSA) is 84.8 Å². The van der Waals surface area contributed by atoms with Crippen LogP contribution in [0.15, 0.2) is 35.6 Å². The molecule has 3 aromatic heterocycles. The number of rotatable bonds is 7. The Balaban J connectivity index is 1.41. The van der Waals surface area contributed by atoms with E-state index in [-0.39, 0.29) is 17.4 Å². The Morgan fingerprint density at radius 1 is 1.09 bits per heavy atom. The molecule has 174 valence electrons. The summed E-state index contributed by atoms with van der Waals surface area (Å²) in [6, 6.07) is 6.93. The molecule has 1 amide bonds. The van der Waals surface area contributed by atoms with E-state index in [1.165, 1.54) is 53.7 Å². The molecule has 0 atom stereocenters. The predicted molar refractivity (Wildman–Crippen MR) is 139 cm³/mol. The van der Waals surface area contributed by atoms with Crippen molar-refractivity contribution in [3.63, 3.8) is 0 Å². The zero-order chi connectivity index (χ0) is 23.7. The Morgan fingerprint density at radius 2 is 1.85 bits per heavy atom. The third kappa shape index (κ3) is 4.44. The lowest BCUT2D eigenvalue weighted by Crippen LogP contribution is -2.14. The van der Waals surface area contributed by atoms with E-state index in [2.05, 4.69) is 22.2 Å². The van der Waals surface area contributed by atoms with Gasteiger partial charge in [0.2, 0.25) is 5.91 Å². The van der Waals surface area contributed by atoms with Gasteiger partial charge in [-0.3, -0.25) is 9.59 Å². The summed E-state index contributed by atoms with van der Waals surface area (Å²) >= 11 is 3.06. The van der Waals surface area contributed by atoms with Crippen molar-refractivity contribution in [2.45, 2.75) is 57.4 Å². The number of anilines is 1. The van der Waals surface area contributed by atoms with Gasteiger partial charge < -0.3 is 5.32 Å². The molecule has 3 heterocycles. The van der Waals surface area contributed by atoms with Crippen LogP contribution >= 0.6 is 23.1 Å². The number of ketones is 1. The Labute approximate surface area is 206 Å². The maximum Gasteiger partial charge on any atom is 0.234 e. The Morgan fingerprint density at radius 3 is 2.59 bits per heavy atom. The first-order valence-electron chi connectivity index (χ1n) is 11.7. The number of hydrogen-bond acceptors (Lipinski definition) is 7. The van der Waals surface area contributed by atoms with E-state index in [1.807, 2.05) is 0 Å². The van der Waals surface area contributed by atoms with E-state index >= 15 is 0 Å². The van der Waals surface area contributed by atoms with E-state index in [4.69, 9.17) is 4.98 Å². The first kappa shape index (κ1) is 22.9. The molecule has 0 fully saturated rings. The molecule has 0 spiro atoms. The van der Waals surface area contributed by atoms with Gasteiger partial charge in [-0.25, -0.2) is 15.0 Å². The van der Waals surface area contributed by atoms with Gasteiger partial charge in [-0.05, 0) is 74.4 Å². The summed E-state index contributed by atoms with van der Waals surface area (Å²) in [5, 5.41) is 4.90. The van der Waals surface area contributed by atoms with Crippen LogP contribution < -0.4 is 5.32 Å². The van der Waals surface area contributed by atoms with Crippen LogP contribution in [0.5, 0.6) is 0 Å². The van der Waals surface area contributed by atoms with Crippen LogP contribution in [0.25, 0.3) is 20.4 Å². The number of pyridine rings is 1. The van der Waals surface area contributed by atoms with Crippen molar-refractivity contribution in [3.05, 3.63) is 53.0 Å². The molecule has 0 saturated carbocycles. The molecule has 0 radical (unpaired) electrons. The van der Waals surface area contributed by atoms with Gasteiger partial charge >= 0.3 is 0 Å². The second kappa shape index (κ2) is 9.80. The maximum absolute atomic E-state index is 12.6. The standard InChI is InChI=1S/C26H26N4O2S2/c1-3-6-20-18-7-4-5-8-19(18)22-23-24(34-25(22)30-20)26(28-14-27-23)33-13-21(32)29-17-11-9-16(10-12-17)15(2)31/h9-12,14H,3-8,13H2,1-2H3,(H,29,32). The summed E-state index contributed by atoms with van der Waals surface area (Å²) in [7, 11) is 0. The lowest BCUT2D eigenvalue weighted by atomic mass is 9.88. The van der Waals surface area contributed by atoms with Crippen LogP contribution in [0.1, 0.15) is 60.3 Å². The zero-order valence-corrected chi connectivity index (χ0v) is 20.9. The molecular weight excluding hydrogens is 464 g/mol. The van der Waals surface area contributed by atoms with E-state index in [0.29, 0.717) is 11.3 Å². The summed E-state index contributed by atoms with van der Waals surface area (Å²) < 4.78 is 1.01. The van der Waals surface area contributed by atoms with E-state index in [1.54, 1.807) is 41.9 Å². The predicted octanol–water partition coefficient (Wildman–Crippen LogP) is 6.00. The van der Waals surface area contributed by atoms with Crippen LogP contribution in [0.4, 0.5) is 5.69 Å². The number of nitrogens with one attached hydrogen (secondary N) is 1. The highest BCUT2D eigenvalue weighted by Crippen LogP contribution is 2.41. The van der Waals surface area contributed by atoms with Crippen molar-refractivity contribution in [1.29, 1.82) is 0 Å². The number of thiophene rings is 1. The fourth-order valence-electron chi connectivity index (χ4n) is 4.58. The number of aryl methyl sites for hydroxylation is 2. The minimum atomic E-state index is -0.116. The smallest absolute Gasteiger partial charge is 0.234 e. The Bertz CT molecular complexity index is 1400. The molecule has 1 aromatic carbocycles. The van der Waals surface area contributed by atoms with Gasteiger partial charge in [0.05, 0.1) is 16.0 Å². The molecule has 5 rings (SSSR count). The highest BCUT2D eigenvalue weighted by molar-refractivity contribution is 8.00. The lowest BCUT2D eigenvalue weighted by Gasteiger charge is -2.19. The molecule has 8 heteroatoms. The van der Waals surface area contributed by atoms with Crippen molar-refractivity contribution < 1.29 is 9.59 Å². The van der Waals surface area contributed by atoms with Crippen LogP contribution in [-0.4, -0.2) is 32.4 Å². The number of Topliss-reactive ketones (excluding diaryl/α,β-unsaturated/α-hetero) is 1. The van der Waals surface area contributed by atoms with Crippen LogP contribution in [0.3, 0.4) is 0 Å². The number of aromatic nitrogens is 3. The average molecular weight is 491 g/mol. The molecular formula is C26H26N4O2S2. The molecule has 6 nitrogen and oxygen atoms in total. The number of thioether (sulfide) groups is 1. The molecule has 0 aliphatic heterocycles. The lowest BCUT2D eigenvalue weighted by molar-refractivity contribution is -0.113. The minimum absolute atomic E-state index is 0.00196. The van der Waals surface area contributed by atoms with Gasteiger partial charge in [-0.1, -0.05) is 25.1 Å². The quantitative estimate of drug-likeness (QED) is 0.194. The second-order valence-electron chi connectivity index (χ2n) is 8.58. The van der Waals surface area contributed by atoms with E-state index in [9.17, 15) is 9.59 Å². The largest absolute Gasteiger partial charge is 0.325 e. The molecule has 0 unspecified atom stereocenters. The van der Waals surface area contributed by atoms with Gasteiger partial charge in [0.1, 0.15) is 16.2 Å². The van der Waals surface area contributed by atoms with Crippen molar-refractivity contribution in [2.75, 3.05) is 11.1 Å². The van der Waals surface area contributed by atoms with Gasteiger partial charge in [0, 0.05) is 22.3 Å². The Kier molecular flexibility index (Phi) is 6.61. The number of hydrogen-bond donors (Lipinski definition) is 1. The second-order valence-corrected chi connectivity index (χ2v) is 10.5. The highest BCUT2D eigenvalue weighted by atomic mass is 32.2. The molecule has 1 aliphatic rings. The molecule has 34 heavy (non-hydrogen) atoms. The molecule has 0 saturated heterocycles. The molecule has 1 aliphatic carbocycles. The number of amides is 1. The summed E-state index contributed by atoms with van der Waals surface area (Å²) in [4.78, 5) is 39.3. The third-order valence-electron chi connectivity index (χ3n) is 6.18. The van der Waals surface area contributed by atoms with Crippen molar-refractivity contribution in [2.24, 2.45) is 0 Å². The van der Waals surface area contributed by atoms with E-state index < -0.39 is 0 Å².